The molecule has 6 heteroatoms. The van der Waals surface area contributed by atoms with E-state index in [-0.39, 0.29) is 0 Å². The average molecular weight is 327 g/mol. The fraction of sp³-hybridized carbons (Fsp3) is 0. The van der Waals surface area contributed by atoms with Gasteiger partial charge in [0.2, 0.25) is 5.91 Å². The van der Waals surface area contributed by atoms with Gasteiger partial charge in [0.1, 0.15) is 5.82 Å². The van der Waals surface area contributed by atoms with Crippen LogP contribution in [0.25, 0.3) is 0 Å². The number of nitrogens with zero attached hydrogens (tertiary/aromatic N) is 1. The lowest BCUT2D eigenvalue weighted by molar-refractivity contribution is 0.100. The Balaban J connectivity index is 2.28. The number of benzene rings is 1. The van der Waals surface area contributed by atoms with Crippen LogP contribution in [0.15, 0.2) is 41.0 Å². The van der Waals surface area contributed by atoms with E-state index in [0.29, 0.717) is 22.1 Å². The molecule has 1 aromatic carbocycles. The van der Waals surface area contributed by atoms with E-state index in [4.69, 9.17) is 17.3 Å². The number of aromatic nitrogens is 1. The van der Waals surface area contributed by atoms with Crippen molar-refractivity contribution >= 4 is 44.9 Å². The Morgan fingerprint density at radius 3 is 2.83 bits per heavy atom. The number of anilines is 2. The molecular weight excluding hydrogens is 318 g/mol. The van der Waals surface area contributed by atoms with Crippen LogP contribution in [-0.4, -0.2) is 10.9 Å². The first kappa shape index (κ1) is 12.9. The topological polar surface area (TPSA) is 68.0 Å². The van der Waals surface area contributed by atoms with E-state index >= 15 is 0 Å². The maximum absolute atomic E-state index is 11.1. The molecule has 1 aromatic heterocycles. The Morgan fingerprint density at radius 1 is 1.39 bits per heavy atom. The number of hydrogen-bond acceptors (Lipinski definition) is 3. The van der Waals surface area contributed by atoms with Gasteiger partial charge in [0.25, 0.3) is 0 Å². The number of rotatable bonds is 3. The van der Waals surface area contributed by atoms with E-state index in [1.54, 1.807) is 36.5 Å². The van der Waals surface area contributed by atoms with Crippen LogP contribution in [0.3, 0.4) is 0 Å². The quantitative estimate of drug-likeness (QED) is 0.909. The Hall–Kier alpha value is -1.59. The summed E-state index contributed by atoms with van der Waals surface area (Å²) < 4.78 is 0.795. The van der Waals surface area contributed by atoms with Crippen molar-refractivity contribution in [3.63, 3.8) is 0 Å². The largest absolute Gasteiger partial charge is 0.366 e. The molecule has 0 aliphatic heterocycles. The van der Waals surface area contributed by atoms with Crippen molar-refractivity contribution in [3.05, 3.63) is 51.6 Å². The molecule has 18 heavy (non-hydrogen) atoms. The first-order chi connectivity index (χ1) is 8.56. The maximum Gasteiger partial charge on any atom is 0.248 e. The summed E-state index contributed by atoms with van der Waals surface area (Å²) in [7, 11) is 0. The van der Waals surface area contributed by atoms with E-state index in [1.165, 1.54) is 0 Å². The summed E-state index contributed by atoms with van der Waals surface area (Å²) in [5.74, 6) is 0.0370. The third-order valence-corrected chi connectivity index (χ3v) is 2.94. The van der Waals surface area contributed by atoms with E-state index in [0.717, 1.165) is 4.47 Å². The number of pyridine rings is 1. The summed E-state index contributed by atoms with van der Waals surface area (Å²) in [5, 5.41) is 3.50. The summed E-state index contributed by atoms with van der Waals surface area (Å²) in [6, 6.07) is 8.54. The van der Waals surface area contributed by atoms with Gasteiger partial charge in [-0.05, 0) is 40.2 Å². The minimum Gasteiger partial charge on any atom is -0.366 e. The van der Waals surface area contributed by atoms with E-state index < -0.39 is 5.91 Å². The van der Waals surface area contributed by atoms with Gasteiger partial charge in [0.15, 0.2) is 0 Å². The van der Waals surface area contributed by atoms with Crippen LogP contribution in [0, 0.1) is 0 Å². The van der Waals surface area contributed by atoms with Gasteiger partial charge in [0, 0.05) is 21.9 Å². The smallest absolute Gasteiger partial charge is 0.248 e. The molecule has 0 aliphatic rings. The molecule has 3 N–H and O–H groups in total. The highest BCUT2D eigenvalue weighted by molar-refractivity contribution is 9.10. The first-order valence-corrected chi connectivity index (χ1v) is 6.21. The van der Waals surface area contributed by atoms with Gasteiger partial charge in [0.05, 0.1) is 5.02 Å². The molecule has 0 radical (unpaired) electrons. The molecule has 0 aliphatic carbocycles. The fourth-order valence-corrected chi connectivity index (χ4v) is 2.07. The lowest BCUT2D eigenvalue weighted by Crippen LogP contribution is -2.10. The Kier molecular flexibility index (Phi) is 3.84. The standard InChI is InChI=1S/C12H9BrClN3O/c13-8-5-10(14)12(16-6-8)17-9-3-1-2-7(4-9)11(15)18/h1-6H,(H2,15,18)(H,16,17). The van der Waals surface area contributed by atoms with Crippen molar-refractivity contribution in [2.45, 2.75) is 0 Å². The van der Waals surface area contributed by atoms with Crippen LogP contribution in [0.5, 0.6) is 0 Å². The Bertz CT molecular complexity index is 604. The summed E-state index contributed by atoms with van der Waals surface area (Å²) in [6.07, 6.45) is 1.63. The number of carbonyl (C=O) groups is 1. The molecule has 0 saturated carbocycles. The second-order valence-electron chi connectivity index (χ2n) is 3.55. The number of nitrogens with two attached hydrogens (primary N) is 1. The van der Waals surface area contributed by atoms with Crippen LogP contribution in [-0.2, 0) is 0 Å². The van der Waals surface area contributed by atoms with E-state index in [9.17, 15) is 4.79 Å². The third kappa shape index (κ3) is 3.00. The van der Waals surface area contributed by atoms with Crippen molar-refractivity contribution in [2.75, 3.05) is 5.32 Å². The van der Waals surface area contributed by atoms with Gasteiger partial charge in [-0.1, -0.05) is 17.7 Å². The summed E-state index contributed by atoms with van der Waals surface area (Å²) in [4.78, 5) is 15.2. The van der Waals surface area contributed by atoms with Gasteiger partial charge in [-0.15, -0.1) is 0 Å². The van der Waals surface area contributed by atoms with Crippen LogP contribution in [0.4, 0.5) is 11.5 Å². The number of nitrogens with one attached hydrogen (secondary N) is 1. The van der Waals surface area contributed by atoms with Crippen LogP contribution in [0.1, 0.15) is 10.4 Å². The SMILES string of the molecule is NC(=O)c1cccc(Nc2ncc(Br)cc2Cl)c1. The van der Waals surface area contributed by atoms with E-state index in [2.05, 4.69) is 26.2 Å². The fourth-order valence-electron chi connectivity index (χ4n) is 1.39. The maximum atomic E-state index is 11.1. The average Bonchev–Trinajstić information content (AvgIpc) is 2.33. The molecule has 0 saturated heterocycles. The number of amides is 1. The Labute approximate surface area is 117 Å². The molecule has 2 aromatic rings. The van der Waals surface area contributed by atoms with Gasteiger partial charge in [-0.25, -0.2) is 4.98 Å². The van der Waals surface area contributed by atoms with Crippen molar-refractivity contribution in [2.24, 2.45) is 5.73 Å². The molecule has 0 spiro atoms. The molecule has 0 atom stereocenters. The van der Waals surface area contributed by atoms with Crippen LogP contribution >= 0.6 is 27.5 Å². The van der Waals surface area contributed by atoms with Crippen molar-refractivity contribution in [3.8, 4) is 0 Å². The number of primary amides is 1. The van der Waals surface area contributed by atoms with Gasteiger partial charge < -0.3 is 11.1 Å². The van der Waals surface area contributed by atoms with Gasteiger partial charge >= 0.3 is 0 Å². The summed E-state index contributed by atoms with van der Waals surface area (Å²) in [6.45, 7) is 0. The van der Waals surface area contributed by atoms with Gasteiger partial charge in [-0.3, -0.25) is 4.79 Å². The second kappa shape index (κ2) is 5.37. The predicted molar refractivity (Wildman–Crippen MR) is 75.2 cm³/mol. The van der Waals surface area contributed by atoms with Crippen LogP contribution < -0.4 is 11.1 Å². The lowest BCUT2D eigenvalue weighted by atomic mass is 10.2. The highest BCUT2D eigenvalue weighted by Crippen LogP contribution is 2.26. The normalized spacial score (nSPS) is 10.1. The van der Waals surface area contributed by atoms with E-state index in [1.807, 2.05) is 0 Å². The zero-order valence-corrected chi connectivity index (χ0v) is 11.5. The molecule has 92 valence electrons. The number of carbonyl (C=O) groups excluding carboxylic acids is 1. The van der Waals surface area contributed by atoms with Gasteiger partial charge in [-0.2, -0.15) is 0 Å². The lowest BCUT2D eigenvalue weighted by Gasteiger charge is -2.08. The molecule has 0 bridgehead atoms. The molecule has 1 amide bonds. The minimum atomic E-state index is -0.478. The molecule has 0 unspecified atom stereocenters. The monoisotopic (exact) mass is 325 g/mol. The van der Waals surface area contributed by atoms with Crippen molar-refractivity contribution < 1.29 is 4.79 Å². The van der Waals surface area contributed by atoms with Crippen molar-refractivity contribution in [1.82, 2.24) is 4.98 Å². The summed E-state index contributed by atoms with van der Waals surface area (Å²) in [5.41, 5.74) is 6.33. The molecular formula is C12H9BrClN3O. The minimum absolute atomic E-state index is 0.424. The number of hydrogen-bond donors (Lipinski definition) is 2. The molecule has 2 rings (SSSR count). The second-order valence-corrected chi connectivity index (χ2v) is 4.88. The molecule has 1 heterocycles. The summed E-state index contributed by atoms with van der Waals surface area (Å²) >= 11 is 9.31. The predicted octanol–water partition coefficient (Wildman–Crippen LogP) is 3.34. The Morgan fingerprint density at radius 2 is 2.17 bits per heavy atom. The zero-order valence-electron chi connectivity index (χ0n) is 9.15. The molecule has 0 fully saturated rings. The third-order valence-electron chi connectivity index (χ3n) is 2.22. The molecule has 4 nitrogen and oxygen atoms in total. The zero-order chi connectivity index (χ0) is 13.1. The first-order valence-electron chi connectivity index (χ1n) is 5.04. The van der Waals surface area contributed by atoms with Crippen molar-refractivity contribution in [1.29, 1.82) is 0 Å². The van der Waals surface area contributed by atoms with Crippen LogP contribution in [0.2, 0.25) is 5.02 Å². The number of halogens is 2. The highest BCUT2D eigenvalue weighted by atomic mass is 79.9. The highest BCUT2D eigenvalue weighted by Gasteiger charge is 2.05.